The van der Waals surface area contributed by atoms with E-state index in [1.54, 1.807) is 0 Å². The van der Waals surface area contributed by atoms with Crippen LogP contribution in [0.2, 0.25) is 0 Å². The summed E-state index contributed by atoms with van der Waals surface area (Å²) in [5.74, 6) is -2.66. The lowest BCUT2D eigenvalue weighted by atomic mass is 10.1. The molecule has 48 heavy (non-hydrogen) atoms. The van der Waals surface area contributed by atoms with Crippen LogP contribution in [0.5, 0.6) is 5.88 Å². The number of rotatable bonds is 10. The molecule has 13 nitrogen and oxygen atoms in total. The number of hydrogen-bond acceptors (Lipinski definition) is 10. The summed E-state index contributed by atoms with van der Waals surface area (Å²) in [6, 6.07) is 3.19. The van der Waals surface area contributed by atoms with E-state index < -0.39 is 34.9 Å². The number of nitrogens with one attached hydrogen (secondary N) is 2. The van der Waals surface area contributed by atoms with Gasteiger partial charge < -0.3 is 25.0 Å². The highest BCUT2D eigenvalue weighted by molar-refractivity contribution is 6.07. The van der Waals surface area contributed by atoms with Crippen molar-refractivity contribution in [3.05, 3.63) is 53.2 Å². The van der Waals surface area contributed by atoms with Crippen LogP contribution >= 0.6 is 0 Å². The molecule has 1 aromatic carbocycles. The van der Waals surface area contributed by atoms with Gasteiger partial charge in [-0.3, -0.25) is 19.4 Å². The summed E-state index contributed by atoms with van der Waals surface area (Å²) in [7, 11) is 3.13. The minimum atomic E-state index is -4.89. The molecule has 0 spiro atoms. The molecule has 2 N–H and O–H groups in total. The minimum absolute atomic E-state index is 0.0360. The molecule has 0 saturated carbocycles. The summed E-state index contributed by atoms with van der Waals surface area (Å²) in [5.41, 5.74) is -1.91. The maximum absolute atomic E-state index is 15.8. The normalized spacial score (nSPS) is 19.3. The Labute approximate surface area is 275 Å². The number of methoxy groups -OCH3 is 1. The first kappa shape index (κ1) is 35.0. The number of hydrogen-bond donors (Lipinski definition) is 2. The number of aromatic nitrogens is 4. The molecule has 0 radical (unpaired) electrons. The maximum Gasteiger partial charge on any atom is 0.417 e. The van der Waals surface area contributed by atoms with Gasteiger partial charge in [0.25, 0.3) is 11.8 Å². The van der Waals surface area contributed by atoms with E-state index in [4.69, 9.17) is 9.47 Å². The second kappa shape index (κ2) is 14.8. The van der Waals surface area contributed by atoms with Gasteiger partial charge in [0.05, 0.1) is 49.0 Å². The van der Waals surface area contributed by atoms with Crippen molar-refractivity contribution in [3.63, 3.8) is 0 Å². The quantitative estimate of drug-likeness (QED) is 0.244. The van der Waals surface area contributed by atoms with E-state index in [0.717, 1.165) is 30.5 Å². The maximum atomic E-state index is 15.8. The van der Waals surface area contributed by atoms with Crippen molar-refractivity contribution in [1.82, 2.24) is 35.1 Å². The highest BCUT2D eigenvalue weighted by atomic mass is 19.4. The zero-order valence-corrected chi connectivity index (χ0v) is 27.2. The van der Waals surface area contributed by atoms with Crippen molar-refractivity contribution in [2.45, 2.75) is 38.5 Å². The second-order valence-electron chi connectivity index (χ2n) is 11.9. The van der Waals surface area contributed by atoms with Crippen molar-refractivity contribution < 1.29 is 36.6 Å². The van der Waals surface area contributed by atoms with Gasteiger partial charge >= 0.3 is 6.18 Å². The fraction of sp³-hybridized carbons (Fsp3) is 0.516. The van der Waals surface area contributed by atoms with E-state index in [0.29, 0.717) is 45.3 Å². The first-order valence-corrected chi connectivity index (χ1v) is 15.6. The van der Waals surface area contributed by atoms with Crippen molar-refractivity contribution in [1.29, 1.82) is 0 Å². The van der Waals surface area contributed by atoms with Gasteiger partial charge in [-0.15, -0.1) is 5.10 Å². The third-order valence-corrected chi connectivity index (χ3v) is 8.67. The molecule has 2 saturated heterocycles. The van der Waals surface area contributed by atoms with Crippen LogP contribution in [0.4, 0.5) is 28.9 Å². The Hall–Kier alpha value is -4.35. The molecular weight excluding hydrogens is 638 g/mol. The van der Waals surface area contributed by atoms with Crippen molar-refractivity contribution in [3.8, 4) is 11.6 Å². The molecule has 2 atom stereocenters. The number of carbonyl (C=O) groups excluding carboxylic acids is 2. The number of halogens is 4. The standard InChI is InChI=1S/C31H39F4N9O4/c1-19-16-43(17-20(2)41(19)3)27-13-23(32)26(14-24(27)38-29(45)21-15-37-28(47-4)12-22(21)31(33,34)35)44-18-25(39-40-44)30(46)36-6-5-7-42-8-10-48-11-9-42/h12-15,18-20H,5-11,16-17H2,1-4H3,(H,36,46)(H,38,45)/t19-,20+. The van der Waals surface area contributed by atoms with Crippen LogP contribution in [-0.2, 0) is 10.9 Å². The molecule has 5 rings (SSSR count). The van der Waals surface area contributed by atoms with Crippen LogP contribution in [0.3, 0.4) is 0 Å². The van der Waals surface area contributed by atoms with Crippen molar-refractivity contribution in [2.24, 2.45) is 0 Å². The lowest BCUT2D eigenvalue weighted by Crippen LogP contribution is -2.55. The summed E-state index contributed by atoms with van der Waals surface area (Å²) in [5, 5.41) is 13.2. The molecular formula is C31H39F4N9O4. The number of likely N-dealkylation sites (N-methyl/N-ethyl adjacent to an activating group) is 1. The number of amides is 2. The molecule has 4 heterocycles. The van der Waals surface area contributed by atoms with Gasteiger partial charge in [0.2, 0.25) is 5.88 Å². The number of morpholine rings is 1. The van der Waals surface area contributed by atoms with Gasteiger partial charge in [-0.2, -0.15) is 13.2 Å². The number of carbonyl (C=O) groups is 2. The van der Waals surface area contributed by atoms with Gasteiger partial charge in [0.15, 0.2) is 11.5 Å². The molecule has 2 aliphatic rings. The van der Waals surface area contributed by atoms with Crippen molar-refractivity contribution >= 4 is 23.2 Å². The number of anilines is 2. The molecule has 0 bridgehead atoms. The Morgan fingerprint density at radius 1 is 1.06 bits per heavy atom. The predicted molar refractivity (Wildman–Crippen MR) is 168 cm³/mol. The Balaban J connectivity index is 1.41. The third-order valence-electron chi connectivity index (χ3n) is 8.67. The lowest BCUT2D eigenvalue weighted by molar-refractivity contribution is -0.138. The fourth-order valence-corrected chi connectivity index (χ4v) is 5.75. The Morgan fingerprint density at radius 3 is 2.44 bits per heavy atom. The SMILES string of the molecule is COc1cc(C(F)(F)F)c(C(=O)Nc2cc(-n3cc(C(=O)NCCCN4CCOCC4)nn3)c(F)cc2N2C[C@@H](C)N(C)[C@@H](C)C2)cn1. The molecule has 260 valence electrons. The topological polar surface area (TPSA) is 130 Å². The lowest BCUT2D eigenvalue weighted by Gasteiger charge is -2.44. The predicted octanol–water partition coefficient (Wildman–Crippen LogP) is 3.06. The van der Waals surface area contributed by atoms with Gasteiger partial charge in [-0.05, 0) is 39.9 Å². The molecule has 0 unspecified atom stereocenters. The highest BCUT2D eigenvalue weighted by Crippen LogP contribution is 2.36. The summed E-state index contributed by atoms with van der Waals surface area (Å²) in [4.78, 5) is 36.3. The van der Waals surface area contributed by atoms with E-state index in [-0.39, 0.29) is 40.7 Å². The van der Waals surface area contributed by atoms with Crippen LogP contribution in [0, 0.1) is 5.82 Å². The van der Waals surface area contributed by atoms with E-state index in [9.17, 15) is 22.8 Å². The first-order chi connectivity index (χ1) is 22.8. The number of benzene rings is 1. The van der Waals surface area contributed by atoms with E-state index in [1.165, 1.54) is 25.4 Å². The van der Waals surface area contributed by atoms with Gasteiger partial charge in [-0.25, -0.2) is 14.1 Å². The van der Waals surface area contributed by atoms with Crippen LogP contribution in [0.25, 0.3) is 5.69 Å². The average molecular weight is 678 g/mol. The fourth-order valence-electron chi connectivity index (χ4n) is 5.75. The summed E-state index contributed by atoms with van der Waals surface area (Å²) >= 11 is 0. The van der Waals surface area contributed by atoms with Gasteiger partial charge in [-0.1, -0.05) is 5.21 Å². The number of pyridine rings is 1. The van der Waals surface area contributed by atoms with Gasteiger partial charge in [0.1, 0.15) is 5.69 Å². The van der Waals surface area contributed by atoms with Crippen LogP contribution in [-0.4, -0.2) is 120 Å². The summed E-state index contributed by atoms with van der Waals surface area (Å²) in [6.07, 6.45) is -2.15. The molecule has 2 aromatic heterocycles. The van der Waals surface area contributed by atoms with E-state index >= 15 is 4.39 Å². The minimum Gasteiger partial charge on any atom is -0.481 e. The second-order valence-corrected chi connectivity index (χ2v) is 11.9. The first-order valence-electron chi connectivity index (χ1n) is 15.6. The van der Waals surface area contributed by atoms with Crippen LogP contribution in [0.1, 0.15) is 46.7 Å². The molecule has 17 heteroatoms. The average Bonchev–Trinajstić information content (AvgIpc) is 3.56. The number of alkyl halides is 3. The van der Waals surface area contributed by atoms with Crippen molar-refractivity contribution in [2.75, 3.05) is 76.9 Å². The summed E-state index contributed by atoms with van der Waals surface area (Å²) in [6.45, 7) is 9.13. The molecule has 0 aliphatic carbocycles. The third kappa shape index (κ3) is 8.02. The molecule has 2 fully saturated rings. The van der Waals surface area contributed by atoms with Crippen LogP contribution in [0.15, 0.2) is 30.6 Å². The summed E-state index contributed by atoms with van der Waals surface area (Å²) < 4.78 is 68.9. The zero-order chi connectivity index (χ0) is 34.6. The number of piperazine rings is 1. The smallest absolute Gasteiger partial charge is 0.417 e. The Bertz CT molecular complexity index is 1600. The van der Waals surface area contributed by atoms with Gasteiger partial charge in [0, 0.05) is 63.1 Å². The highest BCUT2D eigenvalue weighted by Gasteiger charge is 2.37. The van der Waals surface area contributed by atoms with E-state index in [1.807, 2.05) is 25.8 Å². The van der Waals surface area contributed by atoms with Crippen LogP contribution < -0.4 is 20.3 Å². The monoisotopic (exact) mass is 677 g/mol. The number of nitrogens with zero attached hydrogens (tertiary/aromatic N) is 7. The Morgan fingerprint density at radius 2 is 1.77 bits per heavy atom. The number of ether oxygens (including phenoxy) is 2. The molecule has 2 amide bonds. The molecule has 3 aromatic rings. The largest absolute Gasteiger partial charge is 0.481 e. The zero-order valence-electron chi connectivity index (χ0n) is 27.2. The molecule has 2 aliphatic heterocycles. The van der Waals surface area contributed by atoms with E-state index in [2.05, 4.69) is 35.7 Å². The Kier molecular flexibility index (Phi) is 10.8.